The Labute approximate surface area is 76.8 Å². The molecule has 1 atom stereocenters. The van der Waals surface area contributed by atoms with E-state index < -0.39 is 0 Å². The third kappa shape index (κ3) is 1.78. The van der Waals surface area contributed by atoms with Crippen LogP contribution < -0.4 is 0 Å². The predicted molar refractivity (Wildman–Crippen MR) is 51.1 cm³/mol. The maximum atomic E-state index is 4.27. The molecule has 0 aliphatic carbocycles. The van der Waals surface area contributed by atoms with E-state index in [0.717, 1.165) is 0 Å². The van der Waals surface area contributed by atoms with Gasteiger partial charge in [0.05, 0.1) is 5.69 Å². The topological polar surface area (TPSA) is 25.8 Å². The van der Waals surface area contributed by atoms with Gasteiger partial charge in [0.2, 0.25) is 0 Å². The van der Waals surface area contributed by atoms with Crippen molar-refractivity contribution >= 4 is 11.8 Å². The third-order valence-corrected chi connectivity index (χ3v) is 3.52. The Morgan fingerprint density at radius 2 is 2.42 bits per heavy atom. The lowest BCUT2D eigenvalue weighted by molar-refractivity contribution is 0.674. The molecule has 1 unspecified atom stereocenters. The molecule has 1 aliphatic heterocycles. The molecule has 1 aromatic rings. The highest BCUT2D eigenvalue weighted by Crippen LogP contribution is 2.36. The van der Waals surface area contributed by atoms with E-state index >= 15 is 0 Å². The molecule has 1 saturated heterocycles. The van der Waals surface area contributed by atoms with Gasteiger partial charge in [-0.1, -0.05) is 6.42 Å². The van der Waals surface area contributed by atoms with E-state index in [0.29, 0.717) is 5.25 Å². The van der Waals surface area contributed by atoms with Crippen LogP contribution in [0.15, 0.2) is 18.6 Å². The maximum Gasteiger partial charge on any atom is 0.115 e. The van der Waals surface area contributed by atoms with Crippen molar-refractivity contribution in [3.8, 4) is 0 Å². The summed E-state index contributed by atoms with van der Waals surface area (Å²) in [6.45, 7) is 0. The summed E-state index contributed by atoms with van der Waals surface area (Å²) < 4.78 is 0. The smallest absolute Gasteiger partial charge is 0.115 e. The van der Waals surface area contributed by atoms with E-state index in [-0.39, 0.29) is 0 Å². The summed E-state index contributed by atoms with van der Waals surface area (Å²) in [5.74, 6) is 1.29. The molecule has 0 radical (unpaired) electrons. The Morgan fingerprint density at radius 1 is 1.42 bits per heavy atom. The van der Waals surface area contributed by atoms with E-state index in [4.69, 9.17) is 0 Å². The lowest BCUT2D eigenvalue weighted by Crippen LogP contribution is -2.03. The summed E-state index contributed by atoms with van der Waals surface area (Å²) in [4.78, 5) is 8.19. The summed E-state index contributed by atoms with van der Waals surface area (Å²) in [5.41, 5.74) is 1.20. The minimum atomic E-state index is 0.627. The molecule has 2 heterocycles. The Hall–Kier alpha value is -0.570. The highest BCUT2D eigenvalue weighted by molar-refractivity contribution is 7.99. The highest BCUT2D eigenvalue weighted by Gasteiger charge is 2.16. The summed E-state index contributed by atoms with van der Waals surface area (Å²) in [6, 6.07) is 2.03. The van der Waals surface area contributed by atoms with Crippen LogP contribution in [0.25, 0.3) is 0 Å². The van der Waals surface area contributed by atoms with Crippen LogP contribution in [0, 0.1) is 0 Å². The quantitative estimate of drug-likeness (QED) is 0.664. The molecule has 0 amide bonds. The van der Waals surface area contributed by atoms with Crippen LogP contribution >= 0.6 is 11.8 Å². The fourth-order valence-electron chi connectivity index (χ4n) is 1.47. The zero-order valence-corrected chi connectivity index (χ0v) is 7.76. The zero-order valence-electron chi connectivity index (χ0n) is 6.94. The minimum Gasteiger partial charge on any atom is -0.245 e. The molecular weight excluding hydrogens is 168 g/mol. The molecule has 3 heteroatoms. The fraction of sp³-hybridized carbons (Fsp3) is 0.556. The monoisotopic (exact) mass is 180 g/mol. The first-order valence-electron chi connectivity index (χ1n) is 4.34. The largest absolute Gasteiger partial charge is 0.245 e. The van der Waals surface area contributed by atoms with E-state index in [9.17, 15) is 0 Å². The zero-order chi connectivity index (χ0) is 8.23. The summed E-state index contributed by atoms with van der Waals surface area (Å²) in [7, 11) is 0. The van der Waals surface area contributed by atoms with Crippen molar-refractivity contribution in [2.24, 2.45) is 0 Å². The molecule has 0 bridgehead atoms. The first-order valence-corrected chi connectivity index (χ1v) is 5.39. The molecule has 0 N–H and O–H groups in total. The first kappa shape index (κ1) is 8.05. The van der Waals surface area contributed by atoms with Crippen molar-refractivity contribution in [1.29, 1.82) is 0 Å². The number of nitrogens with zero attached hydrogens (tertiary/aromatic N) is 2. The van der Waals surface area contributed by atoms with Gasteiger partial charge < -0.3 is 0 Å². The molecule has 64 valence electrons. The van der Waals surface area contributed by atoms with Crippen LogP contribution in [0.4, 0.5) is 0 Å². The van der Waals surface area contributed by atoms with E-state index in [1.54, 1.807) is 6.33 Å². The average molecular weight is 180 g/mol. The lowest BCUT2D eigenvalue weighted by Gasteiger charge is -2.19. The lowest BCUT2D eigenvalue weighted by atomic mass is 10.1. The van der Waals surface area contributed by atoms with Gasteiger partial charge in [-0.25, -0.2) is 9.97 Å². The van der Waals surface area contributed by atoms with Crippen molar-refractivity contribution in [3.63, 3.8) is 0 Å². The molecule has 0 saturated carbocycles. The van der Waals surface area contributed by atoms with Gasteiger partial charge in [-0.3, -0.25) is 0 Å². The van der Waals surface area contributed by atoms with Gasteiger partial charge in [0.15, 0.2) is 0 Å². The molecule has 1 aromatic heterocycles. The Morgan fingerprint density at radius 3 is 3.08 bits per heavy atom. The van der Waals surface area contributed by atoms with Gasteiger partial charge in [-0.2, -0.15) is 11.8 Å². The van der Waals surface area contributed by atoms with Crippen molar-refractivity contribution in [1.82, 2.24) is 9.97 Å². The molecule has 12 heavy (non-hydrogen) atoms. The van der Waals surface area contributed by atoms with Crippen LogP contribution in [0.3, 0.4) is 0 Å². The normalized spacial score (nSPS) is 23.8. The Balaban J connectivity index is 2.08. The van der Waals surface area contributed by atoms with E-state index in [2.05, 4.69) is 9.97 Å². The van der Waals surface area contributed by atoms with Crippen LogP contribution in [-0.4, -0.2) is 15.7 Å². The second kappa shape index (κ2) is 3.90. The number of thioether (sulfide) groups is 1. The van der Waals surface area contributed by atoms with Crippen LogP contribution in [0.2, 0.25) is 0 Å². The first-order chi connectivity index (χ1) is 5.97. The van der Waals surface area contributed by atoms with E-state index in [1.165, 1.54) is 30.7 Å². The Bertz CT molecular complexity index is 232. The molecule has 0 spiro atoms. The molecule has 2 rings (SSSR count). The summed E-state index contributed by atoms with van der Waals surface area (Å²) >= 11 is 2.03. The third-order valence-electron chi connectivity index (χ3n) is 2.11. The second-order valence-electron chi connectivity index (χ2n) is 2.99. The van der Waals surface area contributed by atoms with Crippen molar-refractivity contribution in [2.45, 2.75) is 24.5 Å². The number of aromatic nitrogens is 2. The molecule has 1 fully saturated rings. The van der Waals surface area contributed by atoms with E-state index in [1.807, 2.05) is 24.0 Å². The number of hydrogen-bond donors (Lipinski definition) is 0. The fourth-order valence-corrected chi connectivity index (χ4v) is 2.76. The van der Waals surface area contributed by atoms with Crippen molar-refractivity contribution in [3.05, 3.63) is 24.3 Å². The SMILES string of the molecule is c1cc(C2CCCCS2)ncn1. The second-order valence-corrected chi connectivity index (χ2v) is 4.30. The van der Waals surface area contributed by atoms with Gasteiger partial charge >= 0.3 is 0 Å². The number of hydrogen-bond acceptors (Lipinski definition) is 3. The maximum absolute atomic E-state index is 4.27. The Kier molecular flexibility index (Phi) is 2.61. The summed E-state index contributed by atoms with van der Waals surface area (Å²) in [5, 5.41) is 0.627. The summed E-state index contributed by atoms with van der Waals surface area (Å²) in [6.07, 6.45) is 7.47. The average Bonchev–Trinajstić information content (AvgIpc) is 2.21. The molecular formula is C9H12N2S. The molecule has 2 nitrogen and oxygen atoms in total. The van der Waals surface area contributed by atoms with Crippen molar-refractivity contribution in [2.75, 3.05) is 5.75 Å². The van der Waals surface area contributed by atoms with Gasteiger partial charge in [0.25, 0.3) is 0 Å². The van der Waals surface area contributed by atoms with Gasteiger partial charge in [-0.15, -0.1) is 0 Å². The van der Waals surface area contributed by atoms with Gasteiger partial charge in [0, 0.05) is 11.4 Å². The predicted octanol–water partition coefficient (Wildman–Crippen LogP) is 2.43. The van der Waals surface area contributed by atoms with Gasteiger partial charge in [0.1, 0.15) is 6.33 Å². The van der Waals surface area contributed by atoms with Gasteiger partial charge in [-0.05, 0) is 24.7 Å². The minimum absolute atomic E-state index is 0.627. The van der Waals surface area contributed by atoms with Crippen LogP contribution in [-0.2, 0) is 0 Å². The molecule has 0 aromatic carbocycles. The van der Waals surface area contributed by atoms with Crippen LogP contribution in [0.5, 0.6) is 0 Å². The molecule has 1 aliphatic rings. The van der Waals surface area contributed by atoms with Crippen LogP contribution in [0.1, 0.15) is 30.2 Å². The van der Waals surface area contributed by atoms with Crippen molar-refractivity contribution < 1.29 is 0 Å². The standard InChI is InChI=1S/C9H12N2S/c1-2-6-12-9(3-1)8-4-5-10-7-11-8/h4-5,7,9H,1-3,6H2. The highest BCUT2D eigenvalue weighted by atomic mass is 32.2. The number of rotatable bonds is 1.